The highest BCUT2D eigenvalue weighted by molar-refractivity contribution is 6.42. The van der Waals surface area contributed by atoms with Crippen molar-refractivity contribution in [1.29, 1.82) is 0 Å². The summed E-state index contributed by atoms with van der Waals surface area (Å²) in [7, 11) is 0. The standard InChI is InChI=1S/C14H17N3O2/c1-4-16(5-2)14(19)13(18)11-8-15-12-7-6-10(3)9-17(11)12/h6-9H,4-5H2,1-3H3. The third-order valence-electron chi connectivity index (χ3n) is 3.13. The van der Waals surface area contributed by atoms with Crippen LogP contribution in [0.2, 0.25) is 0 Å². The fourth-order valence-corrected chi connectivity index (χ4v) is 2.02. The molecule has 19 heavy (non-hydrogen) atoms. The van der Waals surface area contributed by atoms with Crippen LogP contribution in [0.4, 0.5) is 0 Å². The van der Waals surface area contributed by atoms with Gasteiger partial charge in [-0.25, -0.2) is 4.98 Å². The van der Waals surface area contributed by atoms with Crippen LogP contribution in [0.3, 0.4) is 0 Å². The molecule has 100 valence electrons. The lowest BCUT2D eigenvalue weighted by atomic mass is 10.2. The maximum atomic E-state index is 12.2. The van der Waals surface area contributed by atoms with Crippen LogP contribution in [0.25, 0.3) is 5.65 Å². The largest absolute Gasteiger partial charge is 0.336 e. The van der Waals surface area contributed by atoms with Crippen LogP contribution in [-0.2, 0) is 4.79 Å². The molecular formula is C14H17N3O2. The first-order chi connectivity index (χ1) is 9.08. The number of hydrogen-bond donors (Lipinski definition) is 0. The molecule has 5 heteroatoms. The van der Waals surface area contributed by atoms with Crippen LogP contribution in [0, 0.1) is 6.92 Å². The summed E-state index contributed by atoms with van der Waals surface area (Å²) in [5.41, 5.74) is 1.99. The second kappa shape index (κ2) is 5.22. The summed E-state index contributed by atoms with van der Waals surface area (Å²) in [5.74, 6) is -0.991. The second-order valence-electron chi connectivity index (χ2n) is 4.38. The number of fused-ring (bicyclic) bond motifs is 1. The van der Waals surface area contributed by atoms with E-state index in [4.69, 9.17) is 0 Å². The number of imidazole rings is 1. The first-order valence-corrected chi connectivity index (χ1v) is 6.35. The van der Waals surface area contributed by atoms with Gasteiger partial charge in [-0.2, -0.15) is 0 Å². The summed E-state index contributed by atoms with van der Waals surface area (Å²) in [4.78, 5) is 30.0. The van der Waals surface area contributed by atoms with Crippen molar-refractivity contribution in [2.75, 3.05) is 13.1 Å². The van der Waals surface area contributed by atoms with E-state index in [1.54, 1.807) is 4.40 Å². The highest BCUT2D eigenvalue weighted by Gasteiger charge is 2.24. The number of hydrogen-bond acceptors (Lipinski definition) is 3. The average molecular weight is 259 g/mol. The minimum absolute atomic E-state index is 0.315. The molecule has 1 amide bonds. The van der Waals surface area contributed by atoms with E-state index in [1.165, 1.54) is 11.1 Å². The van der Waals surface area contributed by atoms with Crippen molar-refractivity contribution in [2.24, 2.45) is 0 Å². The van der Waals surface area contributed by atoms with Gasteiger partial charge in [0.25, 0.3) is 11.7 Å². The van der Waals surface area contributed by atoms with Gasteiger partial charge in [0.2, 0.25) is 0 Å². The molecule has 2 heterocycles. The highest BCUT2D eigenvalue weighted by Crippen LogP contribution is 2.10. The molecule has 5 nitrogen and oxygen atoms in total. The monoisotopic (exact) mass is 259 g/mol. The van der Waals surface area contributed by atoms with Crippen molar-refractivity contribution in [2.45, 2.75) is 20.8 Å². The summed E-state index contributed by atoms with van der Waals surface area (Å²) in [6.07, 6.45) is 3.27. The van der Waals surface area contributed by atoms with Gasteiger partial charge in [-0.3, -0.25) is 14.0 Å². The maximum Gasteiger partial charge on any atom is 0.296 e. The van der Waals surface area contributed by atoms with E-state index in [2.05, 4.69) is 4.98 Å². The van der Waals surface area contributed by atoms with E-state index in [0.717, 1.165) is 5.56 Å². The van der Waals surface area contributed by atoms with Crippen LogP contribution in [0.5, 0.6) is 0 Å². The SMILES string of the molecule is CCN(CC)C(=O)C(=O)c1cnc2ccc(C)cn12. The Kier molecular flexibility index (Phi) is 3.64. The van der Waals surface area contributed by atoms with Crippen molar-refractivity contribution in [3.05, 3.63) is 35.8 Å². The summed E-state index contributed by atoms with van der Waals surface area (Å²) in [6, 6.07) is 3.75. The Morgan fingerprint density at radius 3 is 2.58 bits per heavy atom. The Labute approximate surface area is 111 Å². The molecular weight excluding hydrogens is 242 g/mol. The molecule has 0 bridgehead atoms. The van der Waals surface area contributed by atoms with E-state index in [0.29, 0.717) is 24.4 Å². The molecule has 0 radical (unpaired) electrons. The van der Waals surface area contributed by atoms with E-state index >= 15 is 0 Å². The first kappa shape index (κ1) is 13.3. The minimum atomic E-state index is -0.512. The fraction of sp³-hybridized carbons (Fsp3) is 0.357. The van der Waals surface area contributed by atoms with Crippen molar-refractivity contribution in [3.63, 3.8) is 0 Å². The number of ketones is 1. The van der Waals surface area contributed by atoms with Crippen molar-refractivity contribution < 1.29 is 9.59 Å². The number of pyridine rings is 1. The molecule has 0 fully saturated rings. The van der Waals surface area contributed by atoms with Crippen LogP contribution < -0.4 is 0 Å². The van der Waals surface area contributed by atoms with Gasteiger partial charge in [-0.1, -0.05) is 6.07 Å². The van der Waals surface area contributed by atoms with Crippen LogP contribution in [0.15, 0.2) is 24.5 Å². The normalized spacial score (nSPS) is 10.7. The number of aryl methyl sites for hydroxylation is 1. The molecule has 0 aliphatic rings. The molecule has 2 aromatic heterocycles. The topological polar surface area (TPSA) is 54.7 Å². The zero-order valence-corrected chi connectivity index (χ0v) is 11.4. The lowest BCUT2D eigenvalue weighted by Crippen LogP contribution is -2.36. The van der Waals surface area contributed by atoms with Gasteiger partial charge in [-0.05, 0) is 32.4 Å². The summed E-state index contributed by atoms with van der Waals surface area (Å²) in [5, 5.41) is 0. The number of nitrogens with zero attached hydrogens (tertiary/aromatic N) is 3. The predicted octanol–water partition coefficient (Wildman–Crippen LogP) is 1.69. The Morgan fingerprint density at radius 2 is 1.95 bits per heavy atom. The van der Waals surface area contributed by atoms with Gasteiger partial charge >= 0.3 is 0 Å². The molecule has 2 aromatic rings. The molecule has 0 aromatic carbocycles. The highest BCUT2D eigenvalue weighted by atomic mass is 16.2. The molecule has 0 saturated heterocycles. The summed E-state index contributed by atoms with van der Waals surface area (Å²) in [6.45, 7) is 6.69. The minimum Gasteiger partial charge on any atom is -0.336 e. The van der Waals surface area contributed by atoms with Crippen LogP contribution in [-0.4, -0.2) is 39.1 Å². The Morgan fingerprint density at radius 1 is 1.26 bits per heavy atom. The van der Waals surface area contributed by atoms with Crippen molar-refractivity contribution >= 4 is 17.3 Å². The fourth-order valence-electron chi connectivity index (χ4n) is 2.02. The van der Waals surface area contributed by atoms with E-state index in [9.17, 15) is 9.59 Å². The number of Topliss-reactive ketones (excluding diaryl/α,β-unsaturated/α-hetero) is 1. The predicted molar refractivity (Wildman–Crippen MR) is 72.2 cm³/mol. The quantitative estimate of drug-likeness (QED) is 0.620. The third-order valence-corrected chi connectivity index (χ3v) is 3.13. The molecule has 0 N–H and O–H groups in total. The van der Waals surface area contributed by atoms with Gasteiger partial charge < -0.3 is 4.90 Å². The molecule has 0 aliphatic carbocycles. The number of carbonyl (C=O) groups is 2. The molecule has 0 aliphatic heterocycles. The third kappa shape index (κ3) is 2.36. The average Bonchev–Trinajstić information content (AvgIpc) is 2.82. The second-order valence-corrected chi connectivity index (χ2v) is 4.38. The number of carbonyl (C=O) groups excluding carboxylic acids is 2. The van der Waals surface area contributed by atoms with Crippen molar-refractivity contribution in [3.8, 4) is 0 Å². The number of aromatic nitrogens is 2. The number of likely N-dealkylation sites (N-methyl/N-ethyl adjacent to an activating group) is 1. The van der Waals surface area contributed by atoms with E-state index in [-0.39, 0.29) is 0 Å². The zero-order valence-electron chi connectivity index (χ0n) is 11.4. The molecule has 0 spiro atoms. The van der Waals surface area contributed by atoms with E-state index in [1.807, 2.05) is 39.1 Å². The Balaban J connectivity index is 2.41. The van der Waals surface area contributed by atoms with Gasteiger partial charge in [0.05, 0.1) is 6.20 Å². The number of amides is 1. The Bertz CT molecular complexity index is 627. The molecule has 0 atom stereocenters. The molecule has 2 rings (SSSR count). The first-order valence-electron chi connectivity index (χ1n) is 6.35. The van der Waals surface area contributed by atoms with Gasteiger partial charge in [-0.15, -0.1) is 0 Å². The zero-order chi connectivity index (χ0) is 14.0. The van der Waals surface area contributed by atoms with Gasteiger partial charge in [0, 0.05) is 19.3 Å². The van der Waals surface area contributed by atoms with Crippen LogP contribution in [0.1, 0.15) is 29.9 Å². The molecule has 0 saturated carbocycles. The van der Waals surface area contributed by atoms with Crippen molar-refractivity contribution in [1.82, 2.24) is 14.3 Å². The summed E-state index contributed by atoms with van der Waals surface area (Å²) >= 11 is 0. The lowest BCUT2D eigenvalue weighted by molar-refractivity contribution is -0.126. The van der Waals surface area contributed by atoms with E-state index < -0.39 is 11.7 Å². The molecule has 0 unspecified atom stereocenters. The lowest BCUT2D eigenvalue weighted by Gasteiger charge is -2.17. The Hall–Kier alpha value is -2.17. The van der Waals surface area contributed by atoms with Crippen LogP contribution >= 0.6 is 0 Å². The van der Waals surface area contributed by atoms with Gasteiger partial charge in [0.1, 0.15) is 11.3 Å². The number of rotatable bonds is 4. The smallest absolute Gasteiger partial charge is 0.296 e. The summed E-state index contributed by atoms with van der Waals surface area (Å²) < 4.78 is 1.67. The van der Waals surface area contributed by atoms with Gasteiger partial charge in [0.15, 0.2) is 0 Å². The maximum absolute atomic E-state index is 12.2.